The van der Waals surface area contributed by atoms with E-state index in [0.29, 0.717) is 37.2 Å². The average Bonchev–Trinajstić information content (AvgIpc) is 3.24. The highest BCUT2D eigenvalue weighted by atomic mass is 16.5. The van der Waals surface area contributed by atoms with Crippen molar-refractivity contribution in [2.24, 2.45) is 0 Å². The Balaban J connectivity index is 1.40. The van der Waals surface area contributed by atoms with Gasteiger partial charge in [0.05, 0.1) is 36.5 Å². The summed E-state index contributed by atoms with van der Waals surface area (Å²) in [5.41, 5.74) is 4.02. The number of hydrogen-bond acceptors (Lipinski definition) is 7. The van der Waals surface area contributed by atoms with Crippen LogP contribution in [0.2, 0.25) is 0 Å². The minimum Gasteiger partial charge on any atom is -0.462 e. The number of hydrogen-bond donors (Lipinski definition) is 0. The molecular formula is C52H54O7. The molecule has 0 saturated heterocycles. The SMILES string of the molecule is CCOC(=O)c1ccc(C(C)(C)C(Cc2cccc(Oc3ccccc3)c2)OC(Cc2cccc(Oc3ccccc3)c2)C(C)(C)c2ccc(C(=O)OCC)cc2)cc1. The van der Waals surface area contributed by atoms with Crippen molar-refractivity contribution in [3.8, 4) is 23.0 Å². The van der Waals surface area contributed by atoms with Gasteiger partial charge in [0.15, 0.2) is 0 Å². The first-order chi connectivity index (χ1) is 28.5. The second kappa shape index (κ2) is 19.5. The van der Waals surface area contributed by atoms with Crippen LogP contribution >= 0.6 is 0 Å². The number of esters is 2. The predicted molar refractivity (Wildman–Crippen MR) is 233 cm³/mol. The first kappa shape index (κ1) is 42.4. The number of para-hydroxylation sites is 2. The van der Waals surface area contributed by atoms with Gasteiger partial charge in [0.1, 0.15) is 23.0 Å². The van der Waals surface area contributed by atoms with E-state index in [1.165, 1.54) is 0 Å². The summed E-state index contributed by atoms with van der Waals surface area (Å²) in [5.74, 6) is 2.28. The van der Waals surface area contributed by atoms with Crippen molar-refractivity contribution in [3.63, 3.8) is 0 Å². The van der Waals surface area contributed by atoms with Crippen molar-refractivity contribution in [3.05, 3.63) is 191 Å². The minimum atomic E-state index is -0.552. The standard InChI is InChI=1S/C52H54O7/c1-7-55-49(53)39-25-29-41(30-26-39)51(3,4)47(35-37-17-15-23-45(33-37)57-43-19-11-9-12-20-43)59-48(52(5,6)42-31-27-40(28-32-42)50(54)56-8-2)36-38-18-16-24-46(34-38)58-44-21-13-10-14-22-44/h9-34,47-48H,7-8,35-36H2,1-6H3. The fourth-order valence-electron chi connectivity index (χ4n) is 7.17. The van der Waals surface area contributed by atoms with E-state index in [2.05, 4.69) is 52.0 Å². The zero-order valence-corrected chi connectivity index (χ0v) is 34.9. The van der Waals surface area contributed by atoms with E-state index < -0.39 is 10.8 Å². The molecule has 0 amide bonds. The fourth-order valence-corrected chi connectivity index (χ4v) is 7.17. The quantitative estimate of drug-likeness (QED) is 0.0802. The zero-order chi connectivity index (χ0) is 41.8. The first-order valence-corrected chi connectivity index (χ1v) is 20.3. The van der Waals surface area contributed by atoms with Crippen LogP contribution in [0.25, 0.3) is 0 Å². The summed E-state index contributed by atoms with van der Waals surface area (Å²) in [4.78, 5) is 25.3. The van der Waals surface area contributed by atoms with E-state index in [1.807, 2.05) is 133 Å². The van der Waals surface area contributed by atoms with Gasteiger partial charge in [-0.3, -0.25) is 0 Å². The van der Waals surface area contributed by atoms with Gasteiger partial charge in [0, 0.05) is 10.8 Å². The van der Waals surface area contributed by atoms with E-state index in [9.17, 15) is 9.59 Å². The van der Waals surface area contributed by atoms with Crippen LogP contribution in [-0.2, 0) is 37.9 Å². The van der Waals surface area contributed by atoms with Crippen molar-refractivity contribution < 1.29 is 33.3 Å². The van der Waals surface area contributed by atoms with Gasteiger partial charge >= 0.3 is 11.9 Å². The summed E-state index contributed by atoms with van der Waals surface area (Å²) in [5, 5.41) is 0. The van der Waals surface area contributed by atoms with E-state index >= 15 is 0 Å². The van der Waals surface area contributed by atoms with Crippen molar-refractivity contribution >= 4 is 11.9 Å². The van der Waals surface area contributed by atoms with Crippen molar-refractivity contribution in [2.45, 2.75) is 77.4 Å². The van der Waals surface area contributed by atoms with E-state index in [0.717, 1.165) is 45.3 Å². The summed E-state index contributed by atoms with van der Waals surface area (Å²) in [6.45, 7) is 13.0. The molecule has 0 aromatic heterocycles. The summed E-state index contributed by atoms with van der Waals surface area (Å²) >= 11 is 0. The number of rotatable bonds is 18. The van der Waals surface area contributed by atoms with Gasteiger partial charge in [-0.25, -0.2) is 9.59 Å². The molecule has 7 heteroatoms. The minimum absolute atomic E-state index is 0.305. The van der Waals surface area contributed by atoms with Crippen LogP contribution in [0.15, 0.2) is 158 Å². The molecule has 59 heavy (non-hydrogen) atoms. The second-order valence-electron chi connectivity index (χ2n) is 15.7. The van der Waals surface area contributed by atoms with Gasteiger partial charge in [0.25, 0.3) is 0 Å². The predicted octanol–water partition coefficient (Wildman–Crippen LogP) is 12.1. The topological polar surface area (TPSA) is 80.3 Å². The normalized spacial score (nSPS) is 12.6. The Labute approximate surface area is 348 Å². The Kier molecular flexibility index (Phi) is 14.0. The monoisotopic (exact) mass is 790 g/mol. The highest BCUT2D eigenvalue weighted by Crippen LogP contribution is 2.39. The van der Waals surface area contributed by atoms with Crippen LogP contribution in [0.5, 0.6) is 23.0 Å². The maximum atomic E-state index is 12.6. The van der Waals surface area contributed by atoms with E-state index in [4.69, 9.17) is 23.7 Å². The lowest BCUT2D eigenvalue weighted by Gasteiger charge is -2.43. The molecule has 0 fully saturated rings. The number of carbonyl (C=O) groups excluding carboxylic acids is 2. The molecule has 2 atom stereocenters. The van der Waals surface area contributed by atoms with Crippen LogP contribution in [0.1, 0.15) is 84.5 Å². The fraction of sp³-hybridized carbons (Fsp3) is 0.269. The van der Waals surface area contributed by atoms with Crippen LogP contribution < -0.4 is 9.47 Å². The molecule has 0 bridgehead atoms. The second-order valence-corrected chi connectivity index (χ2v) is 15.7. The van der Waals surface area contributed by atoms with Gasteiger partial charge in [-0.05, 0) is 122 Å². The number of carbonyl (C=O) groups is 2. The highest BCUT2D eigenvalue weighted by molar-refractivity contribution is 5.90. The molecular weight excluding hydrogens is 737 g/mol. The Hall–Kier alpha value is -6.18. The first-order valence-electron chi connectivity index (χ1n) is 20.3. The number of benzene rings is 6. The van der Waals surface area contributed by atoms with Gasteiger partial charge < -0.3 is 23.7 Å². The molecule has 0 radical (unpaired) electrons. The van der Waals surface area contributed by atoms with Crippen LogP contribution in [0, 0.1) is 0 Å². The summed E-state index contributed by atoms with van der Waals surface area (Å²) < 4.78 is 30.7. The molecule has 6 rings (SSSR count). The molecule has 0 N–H and O–H groups in total. The van der Waals surface area contributed by atoms with Crippen molar-refractivity contribution in [1.29, 1.82) is 0 Å². The third kappa shape index (κ3) is 11.1. The highest BCUT2D eigenvalue weighted by Gasteiger charge is 2.40. The van der Waals surface area contributed by atoms with Crippen molar-refractivity contribution in [1.82, 2.24) is 0 Å². The third-order valence-corrected chi connectivity index (χ3v) is 10.8. The lowest BCUT2D eigenvalue weighted by Crippen LogP contribution is -2.46. The van der Waals surface area contributed by atoms with Crippen LogP contribution in [0.3, 0.4) is 0 Å². The maximum Gasteiger partial charge on any atom is 0.338 e. The lowest BCUT2D eigenvalue weighted by molar-refractivity contribution is -0.0753. The molecule has 0 saturated carbocycles. The number of ether oxygens (including phenoxy) is 5. The molecule has 2 unspecified atom stereocenters. The molecule has 0 aliphatic rings. The molecule has 0 aliphatic carbocycles. The maximum absolute atomic E-state index is 12.6. The van der Waals surface area contributed by atoms with E-state index in [1.54, 1.807) is 13.8 Å². The molecule has 6 aromatic carbocycles. The Morgan fingerprint density at radius 2 is 0.814 bits per heavy atom. The third-order valence-electron chi connectivity index (χ3n) is 10.8. The van der Waals surface area contributed by atoms with Gasteiger partial charge in [-0.15, -0.1) is 0 Å². The lowest BCUT2D eigenvalue weighted by atomic mass is 9.74. The van der Waals surface area contributed by atoms with Crippen molar-refractivity contribution in [2.75, 3.05) is 13.2 Å². The summed E-state index contributed by atoms with van der Waals surface area (Å²) in [6.07, 6.45) is 0.387. The van der Waals surface area contributed by atoms with Gasteiger partial charge in [-0.2, -0.15) is 0 Å². The van der Waals surface area contributed by atoms with Crippen LogP contribution in [-0.4, -0.2) is 37.4 Å². The zero-order valence-electron chi connectivity index (χ0n) is 34.9. The molecule has 0 heterocycles. The van der Waals surface area contributed by atoms with Gasteiger partial charge in [-0.1, -0.05) is 113 Å². The Morgan fingerprint density at radius 1 is 0.458 bits per heavy atom. The molecule has 0 aliphatic heterocycles. The van der Waals surface area contributed by atoms with Gasteiger partial charge in [0.2, 0.25) is 0 Å². The van der Waals surface area contributed by atoms with E-state index in [-0.39, 0.29) is 24.1 Å². The molecule has 304 valence electrons. The Bertz CT molecular complexity index is 2100. The smallest absolute Gasteiger partial charge is 0.338 e. The summed E-state index contributed by atoms with van der Waals surface area (Å²) in [6, 6.07) is 51.1. The molecule has 7 nitrogen and oxygen atoms in total. The Morgan fingerprint density at radius 3 is 1.17 bits per heavy atom. The molecule has 6 aromatic rings. The largest absolute Gasteiger partial charge is 0.462 e. The average molecular weight is 791 g/mol. The molecule has 0 spiro atoms. The summed E-state index contributed by atoms with van der Waals surface area (Å²) in [7, 11) is 0. The van der Waals surface area contributed by atoms with Crippen LogP contribution in [0.4, 0.5) is 0 Å².